The maximum atomic E-state index is 11.8. The molecule has 7 heteroatoms. The first-order valence-electron chi connectivity index (χ1n) is 6.63. The van der Waals surface area contributed by atoms with Crippen LogP contribution in [0.4, 0.5) is 4.79 Å². The van der Waals surface area contributed by atoms with Gasteiger partial charge in [-0.15, -0.1) is 0 Å². The SMILES string of the molecule is Cc1nc(CNC(=O)NC2CCCCC2CO)no1. The highest BCUT2D eigenvalue weighted by Gasteiger charge is 2.25. The van der Waals surface area contributed by atoms with Crippen molar-refractivity contribution in [2.24, 2.45) is 5.92 Å². The molecule has 19 heavy (non-hydrogen) atoms. The Balaban J connectivity index is 1.77. The van der Waals surface area contributed by atoms with Crippen molar-refractivity contribution in [2.45, 2.75) is 45.2 Å². The fourth-order valence-corrected chi connectivity index (χ4v) is 2.41. The number of aliphatic hydroxyl groups excluding tert-OH is 1. The molecule has 0 aliphatic heterocycles. The van der Waals surface area contributed by atoms with Gasteiger partial charge in [0.05, 0.1) is 6.54 Å². The van der Waals surface area contributed by atoms with Crippen LogP contribution in [0, 0.1) is 12.8 Å². The van der Waals surface area contributed by atoms with Gasteiger partial charge in [-0.05, 0) is 12.8 Å². The van der Waals surface area contributed by atoms with Gasteiger partial charge in [0, 0.05) is 25.5 Å². The molecule has 2 amide bonds. The molecule has 1 heterocycles. The smallest absolute Gasteiger partial charge is 0.315 e. The summed E-state index contributed by atoms with van der Waals surface area (Å²) >= 11 is 0. The molecule has 1 saturated carbocycles. The van der Waals surface area contributed by atoms with Gasteiger partial charge in [-0.3, -0.25) is 0 Å². The molecule has 2 unspecified atom stereocenters. The number of aryl methyl sites for hydroxylation is 1. The van der Waals surface area contributed by atoms with Crippen LogP contribution in [-0.2, 0) is 6.54 Å². The summed E-state index contributed by atoms with van der Waals surface area (Å²) in [5, 5.41) is 18.6. The van der Waals surface area contributed by atoms with E-state index in [0.717, 1.165) is 25.7 Å². The molecular formula is C12H20N4O3. The first-order valence-corrected chi connectivity index (χ1v) is 6.63. The second kappa shape index (κ2) is 6.51. The molecule has 0 aromatic carbocycles. The van der Waals surface area contributed by atoms with E-state index in [2.05, 4.69) is 20.8 Å². The first kappa shape index (κ1) is 13.8. The van der Waals surface area contributed by atoms with Gasteiger partial charge in [0.25, 0.3) is 0 Å². The fraction of sp³-hybridized carbons (Fsp3) is 0.750. The van der Waals surface area contributed by atoms with Gasteiger partial charge in [-0.2, -0.15) is 4.98 Å². The Morgan fingerprint density at radius 3 is 2.95 bits per heavy atom. The second-order valence-electron chi connectivity index (χ2n) is 4.89. The van der Waals surface area contributed by atoms with Crippen LogP contribution in [0.1, 0.15) is 37.4 Å². The molecule has 7 nitrogen and oxygen atoms in total. The average Bonchev–Trinajstić information content (AvgIpc) is 2.83. The number of carbonyl (C=O) groups is 1. The molecule has 1 aliphatic rings. The highest BCUT2D eigenvalue weighted by atomic mass is 16.5. The highest BCUT2D eigenvalue weighted by molar-refractivity contribution is 5.74. The van der Waals surface area contributed by atoms with Crippen molar-refractivity contribution < 1.29 is 14.4 Å². The summed E-state index contributed by atoms with van der Waals surface area (Å²) < 4.78 is 4.82. The van der Waals surface area contributed by atoms with Crippen LogP contribution in [0.2, 0.25) is 0 Å². The predicted molar refractivity (Wildman–Crippen MR) is 67.2 cm³/mol. The number of hydrogen-bond donors (Lipinski definition) is 3. The van der Waals surface area contributed by atoms with Crippen molar-refractivity contribution in [1.82, 2.24) is 20.8 Å². The van der Waals surface area contributed by atoms with Crippen LogP contribution in [0.5, 0.6) is 0 Å². The van der Waals surface area contributed by atoms with E-state index < -0.39 is 0 Å². The third-order valence-corrected chi connectivity index (χ3v) is 3.44. The van der Waals surface area contributed by atoms with E-state index in [-0.39, 0.29) is 31.1 Å². The normalized spacial score (nSPS) is 23.1. The van der Waals surface area contributed by atoms with Crippen LogP contribution in [0.25, 0.3) is 0 Å². The predicted octanol–water partition coefficient (Wildman–Crippen LogP) is 0.728. The zero-order valence-corrected chi connectivity index (χ0v) is 11.1. The summed E-state index contributed by atoms with van der Waals surface area (Å²) in [7, 11) is 0. The molecule has 1 fully saturated rings. The molecule has 0 radical (unpaired) electrons. The molecule has 1 aromatic heterocycles. The maximum absolute atomic E-state index is 11.8. The van der Waals surface area contributed by atoms with E-state index in [1.54, 1.807) is 6.92 Å². The number of hydrogen-bond acceptors (Lipinski definition) is 5. The summed E-state index contributed by atoms with van der Waals surface area (Å²) in [6.07, 6.45) is 4.09. The lowest BCUT2D eigenvalue weighted by Crippen LogP contribution is -2.47. The van der Waals surface area contributed by atoms with Crippen LogP contribution >= 0.6 is 0 Å². The van der Waals surface area contributed by atoms with Gasteiger partial charge in [0.2, 0.25) is 5.89 Å². The minimum atomic E-state index is -0.257. The van der Waals surface area contributed by atoms with E-state index in [1.165, 1.54) is 0 Å². The number of aromatic nitrogens is 2. The summed E-state index contributed by atoms with van der Waals surface area (Å²) in [6, 6.07) is -0.210. The van der Waals surface area contributed by atoms with Gasteiger partial charge in [0.1, 0.15) is 0 Å². The Hall–Kier alpha value is -1.63. The topological polar surface area (TPSA) is 100 Å². The van der Waals surface area contributed by atoms with E-state index in [0.29, 0.717) is 11.7 Å². The van der Waals surface area contributed by atoms with Gasteiger partial charge < -0.3 is 20.3 Å². The fourth-order valence-electron chi connectivity index (χ4n) is 2.41. The van der Waals surface area contributed by atoms with Crippen molar-refractivity contribution in [3.05, 3.63) is 11.7 Å². The molecule has 2 atom stereocenters. The van der Waals surface area contributed by atoms with Crippen LogP contribution in [-0.4, -0.2) is 33.9 Å². The Morgan fingerprint density at radius 1 is 1.47 bits per heavy atom. The van der Waals surface area contributed by atoms with E-state index in [1.807, 2.05) is 0 Å². The van der Waals surface area contributed by atoms with E-state index in [4.69, 9.17) is 4.52 Å². The van der Waals surface area contributed by atoms with Crippen molar-refractivity contribution in [3.63, 3.8) is 0 Å². The monoisotopic (exact) mass is 268 g/mol. The lowest BCUT2D eigenvalue weighted by Gasteiger charge is -2.30. The standard InChI is InChI=1S/C12H20N4O3/c1-8-14-11(16-19-8)6-13-12(18)15-10-5-3-2-4-9(10)7-17/h9-10,17H,2-7H2,1H3,(H2,13,15,18). The second-order valence-corrected chi connectivity index (χ2v) is 4.89. The molecule has 0 saturated heterocycles. The third-order valence-electron chi connectivity index (χ3n) is 3.44. The average molecular weight is 268 g/mol. The molecule has 1 aromatic rings. The first-order chi connectivity index (χ1) is 9.19. The number of urea groups is 1. The highest BCUT2D eigenvalue weighted by Crippen LogP contribution is 2.23. The Bertz CT molecular complexity index is 421. The molecule has 106 valence electrons. The van der Waals surface area contributed by atoms with Crippen molar-refractivity contribution in [1.29, 1.82) is 0 Å². The maximum Gasteiger partial charge on any atom is 0.315 e. The quantitative estimate of drug-likeness (QED) is 0.747. The van der Waals surface area contributed by atoms with Crippen molar-refractivity contribution >= 4 is 6.03 Å². The lowest BCUT2D eigenvalue weighted by atomic mass is 9.85. The zero-order valence-electron chi connectivity index (χ0n) is 11.1. The Morgan fingerprint density at radius 2 is 2.26 bits per heavy atom. The van der Waals surface area contributed by atoms with Crippen molar-refractivity contribution in [2.75, 3.05) is 6.61 Å². The molecular weight excluding hydrogens is 248 g/mol. The molecule has 1 aliphatic carbocycles. The van der Waals surface area contributed by atoms with E-state index in [9.17, 15) is 9.90 Å². The molecule has 0 spiro atoms. The van der Waals surface area contributed by atoms with Crippen LogP contribution < -0.4 is 10.6 Å². The van der Waals surface area contributed by atoms with Crippen molar-refractivity contribution in [3.8, 4) is 0 Å². The number of carbonyl (C=O) groups excluding carboxylic acids is 1. The summed E-state index contributed by atoms with van der Waals surface area (Å²) in [4.78, 5) is 15.8. The third kappa shape index (κ3) is 3.92. The molecule has 2 rings (SSSR count). The Kier molecular flexibility index (Phi) is 4.73. The van der Waals surface area contributed by atoms with E-state index >= 15 is 0 Å². The molecule has 0 bridgehead atoms. The van der Waals surface area contributed by atoms with Crippen LogP contribution in [0.15, 0.2) is 4.52 Å². The Labute approximate surface area is 111 Å². The molecule has 3 N–H and O–H groups in total. The van der Waals surface area contributed by atoms with Gasteiger partial charge in [-0.25, -0.2) is 4.79 Å². The summed E-state index contributed by atoms with van der Waals surface area (Å²) in [6.45, 7) is 2.05. The summed E-state index contributed by atoms with van der Waals surface area (Å²) in [5.74, 6) is 1.09. The van der Waals surface area contributed by atoms with Gasteiger partial charge in [-0.1, -0.05) is 18.0 Å². The minimum absolute atomic E-state index is 0.0470. The van der Waals surface area contributed by atoms with Gasteiger partial charge in [0.15, 0.2) is 5.82 Å². The lowest BCUT2D eigenvalue weighted by molar-refractivity contribution is 0.153. The summed E-state index contributed by atoms with van der Waals surface area (Å²) in [5.41, 5.74) is 0. The number of amides is 2. The van der Waals surface area contributed by atoms with Crippen LogP contribution in [0.3, 0.4) is 0 Å². The van der Waals surface area contributed by atoms with Gasteiger partial charge >= 0.3 is 6.03 Å². The minimum Gasteiger partial charge on any atom is -0.396 e. The zero-order chi connectivity index (χ0) is 13.7. The number of rotatable bonds is 4. The number of nitrogens with one attached hydrogen (secondary N) is 2. The number of aliphatic hydroxyl groups is 1. The largest absolute Gasteiger partial charge is 0.396 e. The number of nitrogens with zero attached hydrogens (tertiary/aromatic N) is 2.